The Kier molecular flexibility index (Phi) is 8.78. The lowest BCUT2D eigenvalue weighted by Gasteiger charge is -2.32. The van der Waals surface area contributed by atoms with Gasteiger partial charge in [0.05, 0.1) is 11.9 Å². The normalized spacial score (nSPS) is 14.5. The highest BCUT2D eigenvalue weighted by Gasteiger charge is 2.31. The van der Waals surface area contributed by atoms with Crippen molar-refractivity contribution in [3.05, 3.63) is 53.8 Å². The van der Waals surface area contributed by atoms with Gasteiger partial charge < -0.3 is 19.7 Å². The van der Waals surface area contributed by atoms with Crippen LogP contribution in [0.3, 0.4) is 0 Å². The summed E-state index contributed by atoms with van der Waals surface area (Å²) >= 11 is 0. The summed E-state index contributed by atoms with van der Waals surface area (Å²) in [6.07, 6.45) is 1.71. The molecule has 0 aliphatic carbocycles. The molecule has 9 nitrogen and oxygen atoms in total. The van der Waals surface area contributed by atoms with Gasteiger partial charge in [-0.3, -0.25) is 13.9 Å². The van der Waals surface area contributed by atoms with Crippen LogP contribution in [-0.2, 0) is 26.2 Å². The molecule has 0 saturated carbocycles. The summed E-state index contributed by atoms with van der Waals surface area (Å²) in [5, 5.41) is 2.85. The van der Waals surface area contributed by atoms with Gasteiger partial charge in [-0.15, -0.1) is 0 Å². The van der Waals surface area contributed by atoms with E-state index >= 15 is 0 Å². The number of carbonyl (C=O) groups excluding carboxylic acids is 2. The molecular formula is C25H32FN3O6S. The van der Waals surface area contributed by atoms with Gasteiger partial charge >= 0.3 is 0 Å². The molecule has 0 fully saturated rings. The number of amides is 2. The van der Waals surface area contributed by atoms with Crippen LogP contribution >= 0.6 is 0 Å². The first-order valence-electron chi connectivity index (χ1n) is 11.7. The lowest BCUT2D eigenvalue weighted by molar-refractivity contribution is -0.139. The SMILES string of the molecule is CC[C@@H](C)NC(=O)[C@H](C)N(Cc1ccc(F)cc1)C(=O)CN(c1ccc2c(c1)OCCO2)S(C)(=O)=O. The molecule has 0 saturated heterocycles. The molecule has 0 bridgehead atoms. The van der Waals surface area contributed by atoms with E-state index in [1.165, 1.54) is 41.3 Å². The number of sulfonamides is 1. The molecule has 11 heteroatoms. The first kappa shape index (κ1) is 27.3. The predicted molar refractivity (Wildman–Crippen MR) is 134 cm³/mol. The van der Waals surface area contributed by atoms with Gasteiger partial charge in [-0.05, 0) is 50.1 Å². The monoisotopic (exact) mass is 521 g/mol. The average Bonchev–Trinajstić information content (AvgIpc) is 2.85. The Labute approximate surface area is 211 Å². The standard InChI is InChI=1S/C25H32FN3O6S/c1-5-17(2)27-25(31)18(3)28(15-19-6-8-20(26)9-7-19)24(30)16-29(36(4,32)33)21-10-11-22-23(14-21)35-13-12-34-22/h6-11,14,17-18H,5,12-13,15-16H2,1-4H3,(H,27,31)/t17-,18+/m1/s1. The maximum atomic E-state index is 13.5. The number of benzene rings is 2. The highest BCUT2D eigenvalue weighted by molar-refractivity contribution is 7.92. The fraction of sp³-hybridized carbons (Fsp3) is 0.440. The fourth-order valence-corrected chi connectivity index (χ4v) is 4.48. The molecule has 0 unspecified atom stereocenters. The molecule has 2 amide bonds. The fourth-order valence-electron chi connectivity index (χ4n) is 3.64. The van der Waals surface area contributed by atoms with E-state index < -0.39 is 34.3 Å². The van der Waals surface area contributed by atoms with Crippen LogP contribution in [0.5, 0.6) is 11.5 Å². The van der Waals surface area contributed by atoms with E-state index in [1.54, 1.807) is 13.0 Å². The van der Waals surface area contributed by atoms with Crippen molar-refractivity contribution in [2.75, 3.05) is 30.3 Å². The second-order valence-electron chi connectivity index (χ2n) is 8.74. The Hall–Kier alpha value is -3.34. The Balaban J connectivity index is 1.91. The lowest BCUT2D eigenvalue weighted by Crippen LogP contribution is -2.52. The number of halogens is 1. The molecule has 0 aromatic heterocycles. The highest BCUT2D eigenvalue weighted by Crippen LogP contribution is 2.34. The zero-order valence-electron chi connectivity index (χ0n) is 20.9. The van der Waals surface area contributed by atoms with Crippen molar-refractivity contribution < 1.29 is 31.9 Å². The molecule has 0 spiro atoms. The number of nitrogens with one attached hydrogen (secondary N) is 1. The van der Waals surface area contributed by atoms with Crippen LogP contribution < -0.4 is 19.1 Å². The van der Waals surface area contributed by atoms with Crippen LogP contribution in [0.15, 0.2) is 42.5 Å². The summed E-state index contributed by atoms with van der Waals surface area (Å²) in [7, 11) is -3.88. The first-order valence-corrected chi connectivity index (χ1v) is 13.6. The molecule has 0 radical (unpaired) electrons. The second kappa shape index (κ2) is 11.6. The topological polar surface area (TPSA) is 105 Å². The minimum absolute atomic E-state index is 0.00700. The average molecular weight is 522 g/mol. The number of hydrogen-bond donors (Lipinski definition) is 1. The maximum Gasteiger partial charge on any atom is 0.244 e. The third kappa shape index (κ3) is 6.87. The molecule has 2 aromatic rings. The molecule has 1 aliphatic heterocycles. The van der Waals surface area contributed by atoms with E-state index in [-0.39, 0.29) is 24.2 Å². The van der Waals surface area contributed by atoms with Crippen LogP contribution in [0.2, 0.25) is 0 Å². The number of hydrogen-bond acceptors (Lipinski definition) is 6. The van der Waals surface area contributed by atoms with E-state index in [2.05, 4.69) is 5.32 Å². The van der Waals surface area contributed by atoms with Crippen LogP contribution in [-0.4, -0.2) is 63.2 Å². The molecular weight excluding hydrogens is 489 g/mol. The third-order valence-corrected chi connectivity index (χ3v) is 7.07. The summed E-state index contributed by atoms with van der Waals surface area (Å²) < 4.78 is 50.9. The first-order chi connectivity index (χ1) is 17.0. The summed E-state index contributed by atoms with van der Waals surface area (Å²) in [6, 6.07) is 9.18. The number of anilines is 1. The van der Waals surface area contributed by atoms with Crippen molar-refractivity contribution in [1.82, 2.24) is 10.2 Å². The Morgan fingerprint density at radius 2 is 1.69 bits per heavy atom. The lowest BCUT2D eigenvalue weighted by atomic mass is 10.1. The summed E-state index contributed by atoms with van der Waals surface area (Å²) in [5.41, 5.74) is 0.826. The van der Waals surface area contributed by atoms with Crippen molar-refractivity contribution in [3.63, 3.8) is 0 Å². The molecule has 1 N–H and O–H groups in total. The van der Waals surface area contributed by atoms with Crippen molar-refractivity contribution in [2.45, 2.75) is 45.8 Å². The van der Waals surface area contributed by atoms with Gasteiger partial charge in [0.15, 0.2) is 11.5 Å². The van der Waals surface area contributed by atoms with E-state index in [0.717, 1.165) is 10.6 Å². The van der Waals surface area contributed by atoms with Gasteiger partial charge in [-0.25, -0.2) is 12.8 Å². The van der Waals surface area contributed by atoms with Gasteiger partial charge in [0.25, 0.3) is 0 Å². The summed E-state index contributed by atoms with van der Waals surface area (Å²) in [4.78, 5) is 27.7. The van der Waals surface area contributed by atoms with Gasteiger partial charge in [-0.1, -0.05) is 19.1 Å². The number of carbonyl (C=O) groups is 2. The molecule has 2 atom stereocenters. The quantitative estimate of drug-likeness (QED) is 0.516. The Morgan fingerprint density at radius 3 is 2.31 bits per heavy atom. The van der Waals surface area contributed by atoms with Crippen LogP contribution in [0.25, 0.3) is 0 Å². The highest BCUT2D eigenvalue weighted by atomic mass is 32.2. The molecule has 196 valence electrons. The van der Waals surface area contributed by atoms with Crippen LogP contribution in [0, 0.1) is 5.82 Å². The molecule has 1 heterocycles. The zero-order chi connectivity index (χ0) is 26.5. The smallest absolute Gasteiger partial charge is 0.244 e. The van der Waals surface area contributed by atoms with Gasteiger partial charge in [0.2, 0.25) is 21.8 Å². The minimum Gasteiger partial charge on any atom is -0.486 e. The molecule has 1 aliphatic rings. The van der Waals surface area contributed by atoms with Crippen molar-refractivity contribution in [3.8, 4) is 11.5 Å². The van der Waals surface area contributed by atoms with E-state index in [1.807, 2.05) is 13.8 Å². The Morgan fingerprint density at radius 1 is 1.06 bits per heavy atom. The number of rotatable bonds is 10. The Bertz CT molecular complexity index is 1190. The van der Waals surface area contributed by atoms with Crippen LogP contribution in [0.1, 0.15) is 32.8 Å². The van der Waals surface area contributed by atoms with Crippen molar-refractivity contribution in [2.24, 2.45) is 0 Å². The van der Waals surface area contributed by atoms with Gasteiger partial charge in [0, 0.05) is 18.7 Å². The van der Waals surface area contributed by atoms with Gasteiger partial charge in [0.1, 0.15) is 31.6 Å². The second-order valence-corrected chi connectivity index (χ2v) is 10.6. The van der Waals surface area contributed by atoms with Gasteiger partial charge in [-0.2, -0.15) is 0 Å². The largest absolute Gasteiger partial charge is 0.486 e. The maximum absolute atomic E-state index is 13.5. The summed E-state index contributed by atoms with van der Waals surface area (Å²) in [6.45, 7) is 5.51. The van der Waals surface area contributed by atoms with Crippen molar-refractivity contribution >= 4 is 27.5 Å². The predicted octanol–water partition coefficient (Wildman–Crippen LogP) is 2.69. The number of ether oxygens (including phenoxy) is 2. The molecule has 36 heavy (non-hydrogen) atoms. The van der Waals surface area contributed by atoms with E-state index in [9.17, 15) is 22.4 Å². The van der Waals surface area contributed by atoms with E-state index in [0.29, 0.717) is 36.7 Å². The molecule has 3 rings (SSSR count). The number of nitrogens with zero attached hydrogens (tertiary/aromatic N) is 2. The number of fused-ring (bicyclic) bond motifs is 1. The van der Waals surface area contributed by atoms with Crippen molar-refractivity contribution in [1.29, 1.82) is 0 Å². The van der Waals surface area contributed by atoms with E-state index in [4.69, 9.17) is 9.47 Å². The zero-order valence-corrected chi connectivity index (χ0v) is 21.7. The molecule has 2 aromatic carbocycles. The third-order valence-electron chi connectivity index (χ3n) is 5.93. The minimum atomic E-state index is -3.88. The van der Waals surface area contributed by atoms with Crippen LogP contribution in [0.4, 0.5) is 10.1 Å². The summed E-state index contributed by atoms with van der Waals surface area (Å²) in [5.74, 6) is -0.528.